The summed E-state index contributed by atoms with van der Waals surface area (Å²) in [7, 11) is 0. The molecule has 102 valence electrons. The molecule has 1 saturated carbocycles. The smallest absolute Gasteiger partial charge is 0.329 e. The molecule has 3 N–H and O–H groups in total. The molecule has 1 aliphatic rings. The largest absolute Gasteiger partial charge is 0.480 e. The van der Waals surface area contributed by atoms with Crippen molar-refractivity contribution < 1.29 is 14.7 Å². The van der Waals surface area contributed by atoms with Crippen molar-refractivity contribution in [3.05, 3.63) is 12.7 Å². The van der Waals surface area contributed by atoms with Crippen LogP contribution in [-0.2, 0) is 4.79 Å². The second-order valence-corrected chi connectivity index (χ2v) is 4.76. The maximum Gasteiger partial charge on any atom is 0.329 e. The molecule has 0 spiro atoms. The molecule has 18 heavy (non-hydrogen) atoms. The van der Waals surface area contributed by atoms with Crippen molar-refractivity contribution in [2.24, 2.45) is 0 Å². The Bertz CT molecular complexity index is 307. The lowest BCUT2D eigenvalue weighted by molar-refractivity contribution is -0.145. The Kier molecular flexibility index (Phi) is 5.68. The minimum absolute atomic E-state index is 0.402. The molecule has 5 nitrogen and oxygen atoms in total. The van der Waals surface area contributed by atoms with Gasteiger partial charge < -0.3 is 15.7 Å². The molecule has 0 aromatic carbocycles. The van der Waals surface area contributed by atoms with E-state index in [1.54, 1.807) is 6.08 Å². The predicted molar refractivity (Wildman–Crippen MR) is 69.4 cm³/mol. The highest BCUT2D eigenvalue weighted by atomic mass is 16.4. The summed E-state index contributed by atoms with van der Waals surface area (Å²) in [5, 5.41) is 14.7. The van der Waals surface area contributed by atoms with Gasteiger partial charge in [0, 0.05) is 6.54 Å². The van der Waals surface area contributed by atoms with Crippen LogP contribution in [-0.4, -0.2) is 29.2 Å². The fraction of sp³-hybridized carbons (Fsp3) is 0.692. The van der Waals surface area contributed by atoms with Crippen molar-refractivity contribution in [3.8, 4) is 0 Å². The zero-order chi connectivity index (χ0) is 13.4. The van der Waals surface area contributed by atoms with Gasteiger partial charge in [-0.05, 0) is 19.3 Å². The average molecular weight is 254 g/mol. The minimum Gasteiger partial charge on any atom is -0.480 e. The number of carboxylic acid groups (broad SMARTS) is 1. The topological polar surface area (TPSA) is 78.4 Å². The number of carboxylic acids is 1. The summed E-state index contributed by atoms with van der Waals surface area (Å²) in [6.45, 7) is 4.04. The molecule has 2 amide bonds. The molecule has 0 aromatic heterocycles. The van der Waals surface area contributed by atoms with Crippen LogP contribution < -0.4 is 10.6 Å². The zero-order valence-electron chi connectivity index (χ0n) is 10.7. The number of hydrogen-bond acceptors (Lipinski definition) is 2. The van der Waals surface area contributed by atoms with Crippen LogP contribution in [0, 0.1) is 0 Å². The Labute approximate surface area is 108 Å². The van der Waals surface area contributed by atoms with Crippen molar-refractivity contribution in [3.63, 3.8) is 0 Å². The third-order valence-corrected chi connectivity index (χ3v) is 3.35. The average Bonchev–Trinajstić information content (AvgIpc) is 2.56. The summed E-state index contributed by atoms with van der Waals surface area (Å²) in [5.41, 5.74) is -1.09. The first-order valence-electron chi connectivity index (χ1n) is 6.51. The quantitative estimate of drug-likeness (QED) is 0.399. The predicted octanol–water partition coefficient (Wildman–Crippen LogP) is 2.04. The molecule has 0 saturated heterocycles. The van der Waals surface area contributed by atoms with E-state index in [0.29, 0.717) is 25.8 Å². The van der Waals surface area contributed by atoms with E-state index in [0.717, 1.165) is 25.7 Å². The SMILES string of the molecule is C=CCCNC(=O)NC1(C(=O)O)CCCCCC1. The molecular formula is C13H22N2O3. The number of rotatable bonds is 5. The molecule has 0 atom stereocenters. The van der Waals surface area contributed by atoms with Gasteiger partial charge in [-0.15, -0.1) is 6.58 Å². The van der Waals surface area contributed by atoms with Crippen LogP contribution in [0.5, 0.6) is 0 Å². The Balaban J connectivity index is 2.58. The van der Waals surface area contributed by atoms with E-state index in [9.17, 15) is 14.7 Å². The Morgan fingerprint density at radius 3 is 2.33 bits per heavy atom. The number of nitrogens with one attached hydrogen (secondary N) is 2. The summed E-state index contributed by atoms with van der Waals surface area (Å²) in [6, 6.07) is -0.402. The van der Waals surface area contributed by atoms with Crippen LogP contribution >= 0.6 is 0 Å². The van der Waals surface area contributed by atoms with Gasteiger partial charge in [0.25, 0.3) is 0 Å². The normalized spacial score (nSPS) is 18.4. The third-order valence-electron chi connectivity index (χ3n) is 3.35. The Morgan fingerprint density at radius 1 is 1.22 bits per heavy atom. The van der Waals surface area contributed by atoms with E-state index < -0.39 is 17.5 Å². The van der Waals surface area contributed by atoms with Crippen molar-refractivity contribution in [1.82, 2.24) is 10.6 Å². The van der Waals surface area contributed by atoms with Gasteiger partial charge in [-0.2, -0.15) is 0 Å². The molecule has 0 aromatic rings. The second kappa shape index (κ2) is 7.03. The molecule has 1 aliphatic carbocycles. The molecule has 5 heteroatoms. The van der Waals surface area contributed by atoms with Crippen LogP contribution in [0.3, 0.4) is 0 Å². The van der Waals surface area contributed by atoms with E-state index in [-0.39, 0.29) is 0 Å². The molecule has 0 unspecified atom stereocenters. The van der Waals surface area contributed by atoms with Gasteiger partial charge in [0.1, 0.15) is 5.54 Å². The first-order valence-corrected chi connectivity index (χ1v) is 6.51. The third kappa shape index (κ3) is 4.05. The van der Waals surface area contributed by atoms with Crippen LogP contribution in [0.1, 0.15) is 44.9 Å². The van der Waals surface area contributed by atoms with Crippen LogP contribution in [0.4, 0.5) is 4.79 Å². The summed E-state index contributed by atoms with van der Waals surface area (Å²) < 4.78 is 0. The monoisotopic (exact) mass is 254 g/mol. The van der Waals surface area contributed by atoms with Crippen molar-refractivity contribution in [1.29, 1.82) is 0 Å². The van der Waals surface area contributed by atoms with Gasteiger partial charge in [0.15, 0.2) is 0 Å². The highest BCUT2D eigenvalue weighted by molar-refractivity contribution is 5.86. The Morgan fingerprint density at radius 2 is 1.83 bits per heavy atom. The maximum atomic E-state index is 11.7. The van der Waals surface area contributed by atoms with E-state index >= 15 is 0 Å². The first-order chi connectivity index (χ1) is 8.60. The molecule has 1 fully saturated rings. The maximum absolute atomic E-state index is 11.7. The van der Waals surface area contributed by atoms with Gasteiger partial charge in [-0.25, -0.2) is 9.59 Å². The number of amides is 2. The van der Waals surface area contributed by atoms with Crippen molar-refractivity contribution in [2.75, 3.05) is 6.54 Å². The first kappa shape index (κ1) is 14.5. The van der Waals surface area contributed by atoms with Crippen LogP contribution in [0.2, 0.25) is 0 Å². The van der Waals surface area contributed by atoms with E-state index in [1.807, 2.05) is 0 Å². The Hall–Kier alpha value is -1.52. The summed E-state index contributed by atoms with van der Waals surface area (Å²) in [4.78, 5) is 23.1. The van der Waals surface area contributed by atoms with Crippen molar-refractivity contribution >= 4 is 12.0 Å². The number of carbonyl (C=O) groups excluding carboxylic acids is 1. The molecule has 0 radical (unpaired) electrons. The molecular weight excluding hydrogens is 232 g/mol. The van der Waals surface area contributed by atoms with Gasteiger partial charge >= 0.3 is 12.0 Å². The van der Waals surface area contributed by atoms with E-state index in [2.05, 4.69) is 17.2 Å². The standard InChI is InChI=1S/C13H22N2O3/c1-2-3-10-14-12(18)15-13(11(16)17)8-6-4-5-7-9-13/h2H,1,3-10H2,(H,16,17)(H2,14,15,18). The number of aliphatic carboxylic acids is 1. The molecule has 1 rings (SSSR count). The number of hydrogen-bond donors (Lipinski definition) is 3. The minimum atomic E-state index is -1.09. The molecule has 0 heterocycles. The highest BCUT2D eigenvalue weighted by Gasteiger charge is 2.39. The highest BCUT2D eigenvalue weighted by Crippen LogP contribution is 2.27. The fourth-order valence-electron chi connectivity index (χ4n) is 2.27. The van der Waals surface area contributed by atoms with E-state index in [1.165, 1.54) is 0 Å². The van der Waals surface area contributed by atoms with Crippen LogP contribution in [0.15, 0.2) is 12.7 Å². The lowest BCUT2D eigenvalue weighted by atomic mass is 9.90. The number of urea groups is 1. The van der Waals surface area contributed by atoms with Gasteiger partial charge in [-0.1, -0.05) is 31.8 Å². The lowest BCUT2D eigenvalue weighted by Crippen LogP contribution is -2.57. The van der Waals surface area contributed by atoms with E-state index in [4.69, 9.17) is 0 Å². The summed E-state index contributed by atoms with van der Waals surface area (Å²) in [6.07, 6.45) is 7.17. The number of carbonyl (C=O) groups is 2. The molecule has 0 aliphatic heterocycles. The van der Waals surface area contributed by atoms with Gasteiger partial charge in [-0.3, -0.25) is 0 Å². The zero-order valence-corrected chi connectivity index (χ0v) is 10.7. The molecule has 0 bridgehead atoms. The van der Waals surface area contributed by atoms with Gasteiger partial charge in [0.2, 0.25) is 0 Å². The fourth-order valence-corrected chi connectivity index (χ4v) is 2.27. The second-order valence-electron chi connectivity index (χ2n) is 4.76. The summed E-state index contributed by atoms with van der Waals surface area (Å²) in [5.74, 6) is -0.928. The van der Waals surface area contributed by atoms with Crippen molar-refractivity contribution in [2.45, 2.75) is 50.5 Å². The van der Waals surface area contributed by atoms with Crippen LogP contribution in [0.25, 0.3) is 0 Å². The lowest BCUT2D eigenvalue weighted by Gasteiger charge is -2.29. The van der Waals surface area contributed by atoms with Gasteiger partial charge in [0.05, 0.1) is 0 Å². The summed E-state index contributed by atoms with van der Waals surface area (Å²) >= 11 is 0.